The molecule has 0 aliphatic carbocycles. The lowest BCUT2D eigenvalue weighted by Crippen LogP contribution is -2.11. The van der Waals surface area contributed by atoms with E-state index in [1.165, 1.54) is 11.3 Å². The van der Waals surface area contributed by atoms with Gasteiger partial charge in [0.1, 0.15) is 10.8 Å². The predicted molar refractivity (Wildman–Crippen MR) is 69.6 cm³/mol. The van der Waals surface area contributed by atoms with E-state index >= 15 is 0 Å². The summed E-state index contributed by atoms with van der Waals surface area (Å²) in [5, 5.41) is 12.2. The molecule has 0 saturated heterocycles. The summed E-state index contributed by atoms with van der Waals surface area (Å²) < 4.78 is 5.16. The van der Waals surface area contributed by atoms with Gasteiger partial charge < -0.3 is 9.73 Å². The molecule has 2 aromatic rings. The summed E-state index contributed by atoms with van der Waals surface area (Å²) in [4.78, 5) is 11.7. The number of rotatable bonds is 6. The molecule has 6 heteroatoms. The molecule has 0 atom stereocenters. The minimum absolute atomic E-state index is 0.0643. The van der Waals surface area contributed by atoms with E-state index in [1.54, 1.807) is 6.26 Å². The molecule has 18 heavy (non-hydrogen) atoms. The minimum atomic E-state index is -0.0643. The second-order valence-corrected chi connectivity index (χ2v) is 4.94. The van der Waals surface area contributed by atoms with Crippen molar-refractivity contribution in [3.05, 3.63) is 29.2 Å². The van der Waals surface area contributed by atoms with Crippen LogP contribution in [0, 0.1) is 0 Å². The first-order valence-corrected chi connectivity index (χ1v) is 6.74. The number of amides is 1. The van der Waals surface area contributed by atoms with E-state index in [0.29, 0.717) is 18.0 Å². The van der Waals surface area contributed by atoms with Crippen LogP contribution in [0.15, 0.2) is 22.8 Å². The van der Waals surface area contributed by atoms with Crippen molar-refractivity contribution in [1.82, 2.24) is 10.2 Å². The van der Waals surface area contributed by atoms with Crippen molar-refractivity contribution >= 4 is 22.4 Å². The van der Waals surface area contributed by atoms with E-state index in [-0.39, 0.29) is 5.91 Å². The highest BCUT2D eigenvalue weighted by atomic mass is 32.1. The Hall–Kier alpha value is -1.69. The molecule has 1 N–H and O–H groups in total. The highest BCUT2D eigenvalue weighted by Crippen LogP contribution is 2.16. The molecule has 2 rings (SSSR count). The molecule has 96 valence electrons. The molecule has 5 nitrogen and oxygen atoms in total. The summed E-state index contributed by atoms with van der Waals surface area (Å²) in [6, 6.07) is 3.67. The first-order valence-electron chi connectivity index (χ1n) is 5.92. The van der Waals surface area contributed by atoms with Gasteiger partial charge in [0.2, 0.25) is 11.0 Å². The third-order valence-electron chi connectivity index (χ3n) is 2.36. The van der Waals surface area contributed by atoms with Gasteiger partial charge in [-0.3, -0.25) is 4.79 Å². The predicted octanol–water partition coefficient (Wildman–Crippen LogP) is 2.65. The Kier molecular flexibility index (Phi) is 4.46. The Morgan fingerprint density at radius 1 is 1.44 bits per heavy atom. The minimum Gasteiger partial charge on any atom is -0.469 e. The molecule has 0 bridgehead atoms. The molecule has 0 spiro atoms. The third-order valence-corrected chi connectivity index (χ3v) is 3.25. The van der Waals surface area contributed by atoms with Crippen molar-refractivity contribution in [2.75, 3.05) is 5.32 Å². The zero-order chi connectivity index (χ0) is 12.8. The molecule has 0 saturated carbocycles. The number of carbonyl (C=O) groups excluding carboxylic acids is 1. The number of nitrogens with one attached hydrogen (secondary N) is 1. The summed E-state index contributed by atoms with van der Waals surface area (Å²) >= 11 is 1.43. The van der Waals surface area contributed by atoms with Gasteiger partial charge in [-0.15, -0.1) is 10.2 Å². The lowest BCUT2D eigenvalue weighted by atomic mass is 10.2. The number of carbonyl (C=O) groups is 1. The molecule has 2 heterocycles. The van der Waals surface area contributed by atoms with Crippen molar-refractivity contribution in [2.45, 2.75) is 32.6 Å². The van der Waals surface area contributed by atoms with Crippen LogP contribution >= 0.6 is 11.3 Å². The van der Waals surface area contributed by atoms with Crippen LogP contribution < -0.4 is 5.32 Å². The highest BCUT2D eigenvalue weighted by Gasteiger charge is 2.08. The Bertz CT molecular complexity index is 493. The van der Waals surface area contributed by atoms with Crippen LogP contribution in [0.3, 0.4) is 0 Å². The number of anilines is 1. The summed E-state index contributed by atoms with van der Waals surface area (Å²) in [6.45, 7) is 2.09. The Morgan fingerprint density at radius 2 is 2.33 bits per heavy atom. The average Bonchev–Trinajstić information content (AvgIpc) is 2.99. The van der Waals surface area contributed by atoms with Gasteiger partial charge in [0.25, 0.3) is 0 Å². The quantitative estimate of drug-likeness (QED) is 0.871. The molecule has 0 radical (unpaired) electrons. The first kappa shape index (κ1) is 12.8. The van der Waals surface area contributed by atoms with Crippen LogP contribution in [0.5, 0.6) is 0 Å². The number of aryl methyl sites for hydroxylation is 2. The molecular weight excluding hydrogens is 250 g/mol. The van der Waals surface area contributed by atoms with Crippen LogP contribution in [-0.4, -0.2) is 16.1 Å². The zero-order valence-electron chi connectivity index (χ0n) is 10.2. The van der Waals surface area contributed by atoms with Gasteiger partial charge in [-0.1, -0.05) is 18.3 Å². The average molecular weight is 265 g/mol. The standard InChI is InChI=1S/C12H15N3O2S/c1-2-4-11-14-15-12(18-11)13-10(16)7-6-9-5-3-8-17-9/h3,5,8H,2,4,6-7H2,1H3,(H,13,15,16). The third kappa shape index (κ3) is 3.66. The summed E-state index contributed by atoms with van der Waals surface area (Å²) in [6.07, 6.45) is 4.52. The number of nitrogens with zero attached hydrogens (tertiary/aromatic N) is 2. The van der Waals surface area contributed by atoms with Crippen molar-refractivity contribution in [2.24, 2.45) is 0 Å². The van der Waals surface area contributed by atoms with Crippen molar-refractivity contribution in [3.8, 4) is 0 Å². The summed E-state index contributed by atoms with van der Waals surface area (Å²) in [5.74, 6) is 0.750. The van der Waals surface area contributed by atoms with Gasteiger partial charge in [0.05, 0.1) is 6.26 Å². The Balaban J connectivity index is 1.79. The molecule has 0 aliphatic heterocycles. The normalized spacial score (nSPS) is 10.5. The molecular formula is C12H15N3O2S. The number of furan rings is 1. The first-order chi connectivity index (χ1) is 8.78. The highest BCUT2D eigenvalue weighted by molar-refractivity contribution is 7.15. The van der Waals surface area contributed by atoms with Crippen LogP contribution in [0.25, 0.3) is 0 Å². The van der Waals surface area contributed by atoms with Crippen molar-refractivity contribution < 1.29 is 9.21 Å². The zero-order valence-corrected chi connectivity index (χ0v) is 11.0. The smallest absolute Gasteiger partial charge is 0.226 e. The van der Waals surface area contributed by atoms with E-state index in [4.69, 9.17) is 4.42 Å². The van der Waals surface area contributed by atoms with Gasteiger partial charge in [-0.2, -0.15) is 0 Å². The fraction of sp³-hybridized carbons (Fsp3) is 0.417. The molecule has 1 amide bonds. The van der Waals surface area contributed by atoms with E-state index in [1.807, 2.05) is 12.1 Å². The largest absolute Gasteiger partial charge is 0.469 e. The monoisotopic (exact) mass is 265 g/mol. The van der Waals surface area contributed by atoms with Crippen LogP contribution in [0.1, 0.15) is 30.5 Å². The van der Waals surface area contributed by atoms with Crippen LogP contribution in [0.2, 0.25) is 0 Å². The van der Waals surface area contributed by atoms with Crippen molar-refractivity contribution in [3.63, 3.8) is 0 Å². The maximum absolute atomic E-state index is 11.7. The van der Waals surface area contributed by atoms with Crippen LogP contribution in [-0.2, 0) is 17.6 Å². The van der Waals surface area contributed by atoms with E-state index in [0.717, 1.165) is 23.6 Å². The maximum Gasteiger partial charge on any atom is 0.226 e. The fourth-order valence-electron chi connectivity index (χ4n) is 1.49. The van der Waals surface area contributed by atoms with E-state index < -0.39 is 0 Å². The molecule has 0 fully saturated rings. The number of aromatic nitrogens is 2. The van der Waals surface area contributed by atoms with E-state index in [2.05, 4.69) is 22.4 Å². The lowest BCUT2D eigenvalue weighted by molar-refractivity contribution is -0.116. The van der Waals surface area contributed by atoms with Crippen molar-refractivity contribution in [1.29, 1.82) is 0 Å². The SMILES string of the molecule is CCCc1nnc(NC(=O)CCc2ccco2)s1. The summed E-state index contributed by atoms with van der Waals surface area (Å²) in [7, 11) is 0. The van der Waals surface area contributed by atoms with Crippen LogP contribution in [0.4, 0.5) is 5.13 Å². The second-order valence-electron chi connectivity index (χ2n) is 3.88. The van der Waals surface area contributed by atoms with Gasteiger partial charge in [-0.05, 0) is 18.6 Å². The topological polar surface area (TPSA) is 68.0 Å². The molecule has 0 aromatic carbocycles. The van der Waals surface area contributed by atoms with Gasteiger partial charge >= 0.3 is 0 Å². The van der Waals surface area contributed by atoms with E-state index in [9.17, 15) is 4.79 Å². The van der Waals surface area contributed by atoms with Gasteiger partial charge in [0.15, 0.2) is 0 Å². The lowest BCUT2D eigenvalue weighted by Gasteiger charge is -1.98. The van der Waals surface area contributed by atoms with Gasteiger partial charge in [-0.25, -0.2) is 0 Å². The number of hydrogen-bond donors (Lipinski definition) is 1. The molecule has 0 unspecified atom stereocenters. The summed E-state index contributed by atoms with van der Waals surface area (Å²) in [5.41, 5.74) is 0. The second kappa shape index (κ2) is 6.30. The fourth-order valence-corrected chi connectivity index (χ4v) is 2.35. The maximum atomic E-state index is 11.7. The Labute approximate surface area is 109 Å². The molecule has 2 aromatic heterocycles. The number of hydrogen-bond acceptors (Lipinski definition) is 5. The Morgan fingerprint density at radius 3 is 3.06 bits per heavy atom. The molecule has 0 aliphatic rings. The van der Waals surface area contributed by atoms with Gasteiger partial charge in [0, 0.05) is 19.3 Å².